The van der Waals surface area contributed by atoms with Gasteiger partial charge >= 0.3 is 0 Å². The summed E-state index contributed by atoms with van der Waals surface area (Å²) in [7, 11) is 0. The summed E-state index contributed by atoms with van der Waals surface area (Å²) in [5.41, 5.74) is 2.88. The van der Waals surface area contributed by atoms with E-state index in [0.29, 0.717) is 11.2 Å². The number of allylic oxidation sites excluding steroid dienone is 3. The van der Waals surface area contributed by atoms with E-state index in [9.17, 15) is 0 Å². The molecule has 0 saturated heterocycles. The van der Waals surface area contributed by atoms with E-state index in [2.05, 4.69) is 49.4 Å². The average Bonchev–Trinajstić information content (AvgIpc) is 2.41. The van der Waals surface area contributed by atoms with Crippen LogP contribution in [0.4, 0.5) is 0 Å². The Morgan fingerprint density at radius 2 is 2.07 bits per heavy atom. The van der Waals surface area contributed by atoms with E-state index in [4.69, 9.17) is 0 Å². The molecule has 2 unspecified atom stereocenters. The summed E-state index contributed by atoms with van der Waals surface area (Å²) < 4.78 is 0. The number of thioether (sulfide) groups is 1. The summed E-state index contributed by atoms with van der Waals surface area (Å²) in [6.45, 7) is 2.17. The molecule has 0 nitrogen and oxygen atoms in total. The highest BCUT2D eigenvalue weighted by molar-refractivity contribution is 8.00. The third kappa shape index (κ3) is 1.65. The zero-order valence-corrected chi connectivity index (χ0v) is 9.63. The second kappa shape index (κ2) is 3.57. The maximum Gasteiger partial charge on any atom is 0.0286 e. The zero-order chi connectivity index (χ0) is 10.3. The maximum atomic E-state index is 2.34. The number of aryl methyl sites for hydroxylation is 1. The van der Waals surface area contributed by atoms with Crippen LogP contribution in [-0.2, 0) is 0 Å². The molecular weight excluding hydrogens is 200 g/mol. The van der Waals surface area contributed by atoms with E-state index >= 15 is 0 Å². The van der Waals surface area contributed by atoms with Gasteiger partial charge in [0.25, 0.3) is 0 Å². The van der Waals surface area contributed by atoms with E-state index in [0.717, 1.165) is 0 Å². The van der Waals surface area contributed by atoms with Crippen LogP contribution < -0.4 is 0 Å². The number of hydrogen-bond donors (Lipinski definition) is 0. The van der Waals surface area contributed by atoms with Crippen LogP contribution in [0.5, 0.6) is 0 Å². The van der Waals surface area contributed by atoms with E-state index in [-0.39, 0.29) is 0 Å². The Hall–Kier alpha value is -0.950. The number of benzene rings is 1. The van der Waals surface area contributed by atoms with Crippen LogP contribution in [0.15, 0.2) is 47.4 Å². The normalized spacial score (nSPS) is 27.3. The third-order valence-electron chi connectivity index (χ3n) is 3.11. The van der Waals surface area contributed by atoms with Gasteiger partial charge in [-0.3, -0.25) is 0 Å². The molecule has 0 fully saturated rings. The van der Waals surface area contributed by atoms with Gasteiger partial charge in [0.2, 0.25) is 0 Å². The van der Waals surface area contributed by atoms with Crippen molar-refractivity contribution < 1.29 is 0 Å². The van der Waals surface area contributed by atoms with Crippen molar-refractivity contribution in [3.8, 4) is 0 Å². The summed E-state index contributed by atoms with van der Waals surface area (Å²) in [6, 6.07) is 6.85. The van der Waals surface area contributed by atoms with Gasteiger partial charge in [0.05, 0.1) is 0 Å². The highest BCUT2D eigenvalue weighted by Gasteiger charge is 2.25. The second-order valence-electron chi connectivity index (χ2n) is 4.31. The molecule has 76 valence electrons. The smallest absolute Gasteiger partial charge is 0.0286 e. The van der Waals surface area contributed by atoms with E-state index in [1.807, 2.05) is 11.8 Å². The predicted molar refractivity (Wildman–Crippen MR) is 66.5 cm³/mol. The highest BCUT2D eigenvalue weighted by atomic mass is 32.2. The van der Waals surface area contributed by atoms with E-state index in [1.165, 1.54) is 22.4 Å². The van der Waals surface area contributed by atoms with Crippen molar-refractivity contribution in [3.05, 3.63) is 53.6 Å². The molecule has 1 aliphatic carbocycles. The third-order valence-corrected chi connectivity index (χ3v) is 4.37. The first kappa shape index (κ1) is 9.29. The van der Waals surface area contributed by atoms with Crippen LogP contribution >= 0.6 is 11.8 Å². The molecule has 2 aliphatic rings. The lowest BCUT2D eigenvalue weighted by Crippen LogP contribution is -2.12. The van der Waals surface area contributed by atoms with Crippen LogP contribution in [0.2, 0.25) is 0 Å². The van der Waals surface area contributed by atoms with Gasteiger partial charge in [-0.1, -0.05) is 36.4 Å². The fraction of sp³-hybridized carbons (Fsp3) is 0.286. The summed E-state index contributed by atoms with van der Waals surface area (Å²) >= 11 is 2.01. The van der Waals surface area contributed by atoms with Gasteiger partial charge in [-0.05, 0) is 30.5 Å². The minimum Gasteiger partial charge on any atom is -0.118 e. The summed E-state index contributed by atoms with van der Waals surface area (Å²) in [5.74, 6) is 0.627. The molecule has 0 saturated carbocycles. The molecule has 0 N–H and O–H groups in total. The monoisotopic (exact) mass is 214 g/mol. The van der Waals surface area contributed by atoms with Crippen molar-refractivity contribution in [2.75, 3.05) is 0 Å². The number of fused-ring (bicyclic) bond motifs is 4. The van der Waals surface area contributed by atoms with Gasteiger partial charge < -0.3 is 0 Å². The Labute approximate surface area is 95.1 Å². The van der Waals surface area contributed by atoms with E-state index < -0.39 is 0 Å². The second-order valence-corrected chi connectivity index (χ2v) is 5.59. The predicted octanol–water partition coefficient (Wildman–Crippen LogP) is 4.07. The van der Waals surface area contributed by atoms with Crippen molar-refractivity contribution in [3.63, 3.8) is 0 Å². The lowest BCUT2D eigenvalue weighted by atomic mass is 9.93. The van der Waals surface area contributed by atoms with Crippen molar-refractivity contribution >= 4 is 11.8 Å². The van der Waals surface area contributed by atoms with Gasteiger partial charge in [0, 0.05) is 16.1 Å². The molecule has 0 aromatic heterocycles. The Balaban J connectivity index is 2.11. The summed E-state index contributed by atoms with van der Waals surface area (Å²) in [6.07, 6.45) is 10.3. The number of hydrogen-bond acceptors (Lipinski definition) is 1. The Morgan fingerprint density at radius 1 is 1.20 bits per heavy atom. The molecule has 2 atom stereocenters. The Kier molecular flexibility index (Phi) is 2.21. The largest absolute Gasteiger partial charge is 0.118 e. The summed E-state index contributed by atoms with van der Waals surface area (Å²) in [4.78, 5) is 1.48. The number of rotatable bonds is 0. The fourth-order valence-corrected chi connectivity index (χ4v) is 3.73. The lowest BCUT2D eigenvalue weighted by molar-refractivity contribution is 0.735. The Morgan fingerprint density at radius 3 is 3.00 bits per heavy atom. The molecule has 1 aromatic carbocycles. The van der Waals surface area contributed by atoms with Crippen LogP contribution in [-0.4, -0.2) is 5.25 Å². The quantitative estimate of drug-likeness (QED) is 0.627. The van der Waals surface area contributed by atoms with Crippen molar-refractivity contribution in [1.29, 1.82) is 0 Å². The first-order valence-electron chi connectivity index (χ1n) is 5.45. The molecule has 1 heterocycles. The van der Waals surface area contributed by atoms with Gasteiger partial charge in [0.1, 0.15) is 0 Å². The first-order valence-corrected chi connectivity index (χ1v) is 6.33. The topological polar surface area (TPSA) is 0 Å². The molecule has 0 radical (unpaired) electrons. The lowest BCUT2D eigenvalue weighted by Gasteiger charge is -2.27. The van der Waals surface area contributed by atoms with Crippen molar-refractivity contribution in [2.24, 2.45) is 0 Å². The minimum atomic E-state index is 0.627. The molecule has 15 heavy (non-hydrogen) atoms. The van der Waals surface area contributed by atoms with E-state index in [1.54, 1.807) is 0 Å². The molecule has 3 rings (SSSR count). The fourth-order valence-electron chi connectivity index (χ4n) is 2.32. The van der Waals surface area contributed by atoms with Crippen LogP contribution in [0.25, 0.3) is 0 Å². The van der Waals surface area contributed by atoms with Gasteiger partial charge in [-0.15, -0.1) is 11.8 Å². The molecule has 1 aromatic rings. The van der Waals surface area contributed by atoms with Crippen molar-refractivity contribution in [1.82, 2.24) is 0 Å². The molecule has 0 spiro atoms. The van der Waals surface area contributed by atoms with Crippen LogP contribution in [0.1, 0.15) is 23.5 Å². The average molecular weight is 214 g/mol. The zero-order valence-electron chi connectivity index (χ0n) is 8.81. The Bertz CT molecular complexity index is 443. The molecule has 1 aliphatic heterocycles. The molecule has 2 bridgehead atoms. The minimum absolute atomic E-state index is 0.627. The first-order chi connectivity index (χ1) is 7.33. The van der Waals surface area contributed by atoms with Crippen molar-refractivity contribution in [2.45, 2.75) is 29.4 Å². The van der Waals surface area contributed by atoms with Gasteiger partial charge in [-0.2, -0.15) is 0 Å². The van der Waals surface area contributed by atoms with Gasteiger partial charge in [0.15, 0.2) is 0 Å². The SMILES string of the molecule is Cc1ccc2c(c1)SC1C=CC=CC2C1. The molecule has 1 heteroatoms. The summed E-state index contributed by atoms with van der Waals surface area (Å²) in [5, 5.41) is 0.666. The maximum absolute atomic E-state index is 2.34. The van der Waals surface area contributed by atoms with Crippen LogP contribution in [0, 0.1) is 6.92 Å². The molecular formula is C14H14S. The molecule has 0 amide bonds. The highest BCUT2D eigenvalue weighted by Crippen LogP contribution is 2.44. The van der Waals surface area contributed by atoms with Crippen LogP contribution in [0.3, 0.4) is 0 Å². The van der Waals surface area contributed by atoms with Gasteiger partial charge in [-0.25, -0.2) is 0 Å². The standard InChI is InChI=1S/C14H14S/c1-10-6-7-13-11-4-2-3-5-12(9-11)15-14(13)8-10/h2-8,11-12H,9H2,1H3.